The molecule has 0 fully saturated rings. The van der Waals surface area contributed by atoms with Gasteiger partial charge in [-0.05, 0) is 35.9 Å². The lowest BCUT2D eigenvalue weighted by molar-refractivity contribution is 1.38. The van der Waals surface area contributed by atoms with Gasteiger partial charge < -0.3 is 5.73 Å². The van der Waals surface area contributed by atoms with E-state index >= 15 is 0 Å². The number of nitrogens with two attached hydrogens (primary N) is 1. The summed E-state index contributed by atoms with van der Waals surface area (Å²) in [6.45, 7) is 0. The molecule has 16 heavy (non-hydrogen) atoms. The Morgan fingerprint density at radius 2 is 1.88 bits per heavy atom. The number of rotatable bonds is 3. The minimum atomic E-state index is 0.783. The molecule has 2 rings (SSSR count). The Bertz CT molecular complexity index is 439. The summed E-state index contributed by atoms with van der Waals surface area (Å²) in [5.74, 6) is 0.907. The van der Waals surface area contributed by atoms with Gasteiger partial charge in [0.15, 0.2) is 0 Å². The zero-order chi connectivity index (χ0) is 11.4. The molecule has 82 valence electrons. The highest BCUT2D eigenvalue weighted by Crippen LogP contribution is 2.25. The van der Waals surface area contributed by atoms with Crippen molar-refractivity contribution >= 4 is 29.1 Å². The van der Waals surface area contributed by atoms with Crippen molar-refractivity contribution in [3.63, 3.8) is 0 Å². The monoisotopic (exact) mass is 249 g/mol. The number of hydrogen-bond acceptors (Lipinski definition) is 2. The summed E-state index contributed by atoms with van der Waals surface area (Å²) < 4.78 is 0. The van der Waals surface area contributed by atoms with Gasteiger partial charge in [0, 0.05) is 21.4 Å². The van der Waals surface area contributed by atoms with Crippen LogP contribution < -0.4 is 5.73 Å². The normalized spacial score (nSPS) is 10.3. The molecule has 0 amide bonds. The first-order chi connectivity index (χ1) is 7.74. The third-order valence-electron chi connectivity index (χ3n) is 2.15. The molecule has 0 atom stereocenters. The summed E-state index contributed by atoms with van der Waals surface area (Å²) in [5, 5.41) is 0.783. The third kappa shape index (κ3) is 3.19. The minimum Gasteiger partial charge on any atom is -0.399 e. The Labute approximate surface area is 105 Å². The summed E-state index contributed by atoms with van der Waals surface area (Å²) in [4.78, 5) is 1.18. The molecule has 0 aliphatic heterocycles. The first kappa shape index (κ1) is 11.4. The maximum atomic E-state index is 5.92. The Kier molecular flexibility index (Phi) is 3.75. The lowest BCUT2D eigenvalue weighted by Gasteiger charge is -2.03. The van der Waals surface area contributed by atoms with Crippen molar-refractivity contribution in [2.24, 2.45) is 0 Å². The highest BCUT2D eigenvalue weighted by Gasteiger charge is 1.97. The largest absolute Gasteiger partial charge is 0.399 e. The zero-order valence-corrected chi connectivity index (χ0v) is 10.3. The molecule has 0 saturated carbocycles. The quantitative estimate of drug-likeness (QED) is 0.651. The Morgan fingerprint density at radius 1 is 1.06 bits per heavy atom. The molecule has 0 spiro atoms. The fourth-order valence-corrected chi connectivity index (χ4v) is 2.52. The second-order valence-electron chi connectivity index (χ2n) is 3.49. The standard InChI is InChI=1S/C13H12ClNS/c14-11-4-1-3-10(7-11)9-16-13-6-2-5-12(15)8-13/h1-8H,9,15H2. The molecule has 3 heteroatoms. The number of hydrogen-bond donors (Lipinski definition) is 1. The van der Waals surface area contributed by atoms with Crippen LogP contribution in [0.5, 0.6) is 0 Å². The maximum absolute atomic E-state index is 5.92. The molecule has 1 nitrogen and oxygen atoms in total. The number of halogens is 1. The van der Waals surface area contributed by atoms with Gasteiger partial charge in [0.25, 0.3) is 0 Å². The van der Waals surface area contributed by atoms with Crippen LogP contribution >= 0.6 is 23.4 Å². The summed E-state index contributed by atoms with van der Waals surface area (Å²) >= 11 is 7.68. The van der Waals surface area contributed by atoms with E-state index in [2.05, 4.69) is 12.1 Å². The topological polar surface area (TPSA) is 26.0 Å². The van der Waals surface area contributed by atoms with E-state index in [1.807, 2.05) is 36.4 Å². The second-order valence-corrected chi connectivity index (χ2v) is 4.98. The van der Waals surface area contributed by atoms with E-state index in [4.69, 9.17) is 17.3 Å². The van der Waals surface area contributed by atoms with Crippen LogP contribution in [0.2, 0.25) is 5.02 Å². The van der Waals surface area contributed by atoms with Gasteiger partial charge in [-0.25, -0.2) is 0 Å². The van der Waals surface area contributed by atoms with Gasteiger partial charge in [-0.3, -0.25) is 0 Å². The van der Waals surface area contributed by atoms with Crippen molar-refractivity contribution in [3.8, 4) is 0 Å². The van der Waals surface area contributed by atoms with Crippen molar-refractivity contribution in [2.75, 3.05) is 5.73 Å². The van der Waals surface area contributed by atoms with Gasteiger partial charge in [-0.1, -0.05) is 29.8 Å². The van der Waals surface area contributed by atoms with Gasteiger partial charge in [-0.2, -0.15) is 0 Å². The Morgan fingerprint density at radius 3 is 2.62 bits per heavy atom. The molecule has 0 aliphatic rings. The molecule has 2 aromatic rings. The van der Waals surface area contributed by atoms with Gasteiger partial charge in [0.05, 0.1) is 0 Å². The Balaban J connectivity index is 2.02. The third-order valence-corrected chi connectivity index (χ3v) is 3.45. The zero-order valence-electron chi connectivity index (χ0n) is 8.69. The fraction of sp³-hybridized carbons (Fsp3) is 0.0769. The smallest absolute Gasteiger partial charge is 0.0409 e. The number of benzene rings is 2. The first-order valence-electron chi connectivity index (χ1n) is 4.97. The average Bonchev–Trinajstić information content (AvgIpc) is 2.27. The van der Waals surface area contributed by atoms with E-state index in [0.717, 1.165) is 16.5 Å². The molecule has 0 radical (unpaired) electrons. The van der Waals surface area contributed by atoms with E-state index in [1.54, 1.807) is 11.8 Å². The van der Waals surface area contributed by atoms with E-state index in [-0.39, 0.29) is 0 Å². The molecule has 2 aromatic carbocycles. The van der Waals surface area contributed by atoms with E-state index < -0.39 is 0 Å². The highest BCUT2D eigenvalue weighted by molar-refractivity contribution is 7.98. The molecular weight excluding hydrogens is 238 g/mol. The Hall–Kier alpha value is -1.12. The fourth-order valence-electron chi connectivity index (χ4n) is 1.40. The van der Waals surface area contributed by atoms with Crippen molar-refractivity contribution in [1.29, 1.82) is 0 Å². The summed E-state index contributed by atoms with van der Waals surface area (Å²) in [6.07, 6.45) is 0. The summed E-state index contributed by atoms with van der Waals surface area (Å²) in [6, 6.07) is 15.8. The average molecular weight is 250 g/mol. The van der Waals surface area contributed by atoms with Crippen molar-refractivity contribution in [2.45, 2.75) is 10.6 Å². The van der Waals surface area contributed by atoms with Crippen LogP contribution in [0.3, 0.4) is 0 Å². The van der Waals surface area contributed by atoms with Crippen molar-refractivity contribution < 1.29 is 0 Å². The van der Waals surface area contributed by atoms with Crippen LogP contribution in [0.4, 0.5) is 5.69 Å². The molecule has 0 bridgehead atoms. The van der Waals surface area contributed by atoms with Gasteiger partial charge in [0.2, 0.25) is 0 Å². The molecule has 0 unspecified atom stereocenters. The van der Waals surface area contributed by atoms with Gasteiger partial charge in [-0.15, -0.1) is 11.8 Å². The van der Waals surface area contributed by atoms with Crippen LogP contribution in [0.1, 0.15) is 5.56 Å². The maximum Gasteiger partial charge on any atom is 0.0409 e. The first-order valence-corrected chi connectivity index (χ1v) is 6.33. The lowest BCUT2D eigenvalue weighted by Crippen LogP contribution is -1.84. The number of thioether (sulfide) groups is 1. The predicted octanol–water partition coefficient (Wildman–Crippen LogP) is 4.21. The van der Waals surface area contributed by atoms with Crippen LogP contribution in [0.25, 0.3) is 0 Å². The van der Waals surface area contributed by atoms with E-state index in [1.165, 1.54) is 10.5 Å². The minimum absolute atomic E-state index is 0.783. The van der Waals surface area contributed by atoms with Crippen LogP contribution in [0.15, 0.2) is 53.4 Å². The highest BCUT2D eigenvalue weighted by atomic mass is 35.5. The van der Waals surface area contributed by atoms with Crippen LogP contribution in [0, 0.1) is 0 Å². The molecule has 0 saturated heterocycles. The molecule has 0 aliphatic carbocycles. The molecule has 2 N–H and O–H groups in total. The molecule has 0 aromatic heterocycles. The molecule has 0 heterocycles. The van der Waals surface area contributed by atoms with E-state index in [0.29, 0.717) is 0 Å². The van der Waals surface area contributed by atoms with Crippen LogP contribution in [-0.2, 0) is 5.75 Å². The lowest BCUT2D eigenvalue weighted by atomic mass is 10.2. The second kappa shape index (κ2) is 5.28. The van der Waals surface area contributed by atoms with Crippen LogP contribution in [-0.4, -0.2) is 0 Å². The predicted molar refractivity (Wildman–Crippen MR) is 71.9 cm³/mol. The number of anilines is 1. The van der Waals surface area contributed by atoms with E-state index in [9.17, 15) is 0 Å². The summed E-state index contributed by atoms with van der Waals surface area (Å²) in [5.41, 5.74) is 7.74. The SMILES string of the molecule is Nc1cccc(SCc2cccc(Cl)c2)c1. The number of nitrogen functional groups attached to an aromatic ring is 1. The van der Waals surface area contributed by atoms with Gasteiger partial charge in [0.1, 0.15) is 0 Å². The molecular formula is C13H12ClNS. The van der Waals surface area contributed by atoms with Crippen molar-refractivity contribution in [1.82, 2.24) is 0 Å². The van der Waals surface area contributed by atoms with Crippen molar-refractivity contribution in [3.05, 3.63) is 59.1 Å². The summed E-state index contributed by atoms with van der Waals surface area (Å²) in [7, 11) is 0. The van der Waals surface area contributed by atoms with Gasteiger partial charge >= 0.3 is 0 Å².